The second kappa shape index (κ2) is 3.25. The quantitative estimate of drug-likeness (QED) is 0.558. The highest BCUT2D eigenvalue weighted by Crippen LogP contribution is 2.57. The lowest BCUT2D eigenvalue weighted by atomic mass is 9.63. The van der Waals surface area contributed by atoms with Crippen LogP contribution in [0, 0.1) is 17.3 Å². The van der Waals surface area contributed by atoms with Gasteiger partial charge in [-0.05, 0) is 55.2 Å². The second-order valence-electron chi connectivity index (χ2n) is 6.09. The summed E-state index contributed by atoms with van der Waals surface area (Å²) in [7, 11) is 0. The first-order valence-corrected chi connectivity index (χ1v) is 6.80. The van der Waals surface area contributed by atoms with E-state index in [-0.39, 0.29) is 5.41 Å². The van der Waals surface area contributed by atoms with E-state index in [9.17, 15) is 4.79 Å². The Labute approximate surface area is 107 Å². The lowest BCUT2D eigenvalue weighted by Gasteiger charge is -2.38. The smallest absolute Gasteiger partial charge is 0.169 e. The summed E-state index contributed by atoms with van der Waals surface area (Å²) in [6, 6.07) is 5.82. The number of hydrogen-bond donors (Lipinski definition) is 1. The number of benzene rings is 1. The molecule has 2 heteroatoms. The van der Waals surface area contributed by atoms with Crippen molar-refractivity contribution in [1.29, 1.82) is 0 Å². The molecule has 2 N–H and O–H groups in total. The van der Waals surface area contributed by atoms with Crippen LogP contribution in [0.25, 0.3) is 0 Å². The highest BCUT2D eigenvalue weighted by atomic mass is 16.1. The molecule has 4 rings (SSSR count). The summed E-state index contributed by atoms with van der Waals surface area (Å²) in [6.07, 6.45) is 8.87. The number of ketones is 1. The molecule has 0 aromatic heterocycles. The minimum atomic E-state index is -0.0970. The Morgan fingerprint density at radius 3 is 2.89 bits per heavy atom. The van der Waals surface area contributed by atoms with Crippen LogP contribution in [0.3, 0.4) is 0 Å². The average Bonchev–Trinajstić information content (AvgIpc) is 2.96. The minimum absolute atomic E-state index is 0.0970. The zero-order chi connectivity index (χ0) is 12.3. The van der Waals surface area contributed by atoms with Crippen LogP contribution in [0.1, 0.15) is 35.2 Å². The molecule has 2 bridgehead atoms. The molecule has 1 aromatic rings. The van der Waals surface area contributed by atoms with Crippen molar-refractivity contribution in [2.45, 2.75) is 25.7 Å². The molecule has 3 aliphatic carbocycles. The van der Waals surface area contributed by atoms with Crippen molar-refractivity contribution in [3.8, 4) is 0 Å². The first kappa shape index (κ1) is 10.4. The number of nitrogens with two attached hydrogens (primary N) is 1. The van der Waals surface area contributed by atoms with Gasteiger partial charge in [-0.15, -0.1) is 0 Å². The molecule has 92 valence electrons. The van der Waals surface area contributed by atoms with Crippen molar-refractivity contribution in [3.63, 3.8) is 0 Å². The van der Waals surface area contributed by atoms with E-state index in [1.807, 2.05) is 18.2 Å². The summed E-state index contributed by atoms with van der Waals surface area (Å²) in [5.74, 6) is 1.47. The molecule has 3 aliphatic rings. The highest BCUT2D eigenvalue weighted by Gasteiger charge is 2.54. The van der Waals surface area contributed by atoms with Crippen LogP contribution in [0.2, 0.25) is 0 Å². The molecule has 1 spiro atoms. The number of Topliss-reactive ketones (excluding diaryl/α,β-unsaturated/α-hetero) is 1. The SMILES string of the molecule is Nc1ccc2c(c1)C(=O)C1(CC2)CC2C=CC1C2. The van der Waals surface area contributed by atoms with Gasteiger partial charge in [-0.3, -0.25) is 4.79 Å². The number of fused-ring (bicyclic) bond motifs is 4. The predicted molar refractivity (Wildman–Crippen MR) is 71.3 cm³/mol. The van der Waals surface area contributed by atoms with Crippen molar-refractivity contribution < 1.29 is 4.79 Å². The number of nitrogen functional groups attached to an aromatic ring is 1. The number of carbonyl (C=O) groups is 1. The predicted octanol–water partition coefficient (Wildman–Crippen LogP) is 2.98. The van der Waals surface area contributed by atoms with Gasteiger partial charge in [0, 0.05) is 16.7 Å². The van der Waals surface area contributed by atoms with Crippen molar-refractivity contribution in [2.24, 2.45) is 17.3 Å². The van der Waals surface area contributed by atoms with Crippen LogP contribution in [0.5, 0.6) is 0 Å². The van der Waals surface area contributed by atoms with E-state index in [0.29, 0.717) is 23.3 Å². The lowest BCUT2D eigenvalue weighted by Crippen LogP contribution is -2.39. The molecule has 0 saturated heterocycles. The Bertz CT molecular complexity index is 574. The zero-order valence-electron chi connectivity index (χ0n) is 10.4. The third-order valence-corrected chi connectivity index (χ3v) is 5.18. The van der Waals surface area contributed by atoms with Gasteiger partial charge in [0.05, 0.1) is 0 Å². The first-order valence-electron chi connectivity index (χ1n) is 6.80. The summed E-state index contributed by atoms with van der Waals surface area (Å²) < 4.78 is 0. The molecular weight excluding hydrogens is 222 g/mol. The standard InChI is InChI=1S/C16H17NO/c17-13-4-2-11-5-6-16(15(18)14(11)8-13)9-10-1-3-12(16)7-10/h1-4,8,10,12H,5-7,9,17H2. The van der Waals surface area contributed by atoms with E-state index in [1.54, 1.807) is 0 Å². The van der Waals surface area contributed by atoms with Gasteiger partial charge >= 0.3 is 0 Å². The Balaban J connectivity index is 1.83. The van der Waals surface area contributed by atoms with Crippen LogP contribution >= 0.6 is 0 Å². The number of carbonyl (C=O) groups excluding carboxylic acids is 1. The van der Waals surface area contributed by atoms with Gasteiger partial charge in [-0.2, -0.15) is 0 Å². The molecule has 0 amide bonds. The number of rotatable bonds is 0. The van der Waals surface area contributed by atoms with Crippen LogP contribution < -0.4 is 5.73 Å². The van der Waals surface area contributed by atoms with E-state index in [1.165, 1.54) is 12.0 Å². The van der Waals surface area contributed by atoms with Crippen LogP contribution in [0.4, 0.5) is 5.69 Å². The molecule has 1 aromatic carbocycles. The summed E-state index contributed by atoms with van der Waals surface area (Å²) >= 11 is 0. The number of allylic oxidation sites excluding steroid dienone is 2. The van der Waals surface area contributed by atoms with Crippen molar-refractivity contribution >= 4 is 11.5 Å². The summed E-state index contributed by atoms with van der Waals surface area (Å²) in [4.78, 5) is 12.9. The minimum Gasteiger partial charge on any atom is -0.399 e. The first-order chi connectivity index (χ1) is 8.69. The summed E-state index contributed by atoms with van der Waals surface area (Å²) in [6.45, 7) is 0. The normalized spacial score (nSPS) is 36.3. The van der Waals surface area contributed by atoms with Crippen LogP contribution in [-0.4, -0.2) is 5.78 Å². The molecule has 0 heterocycles. The molecule has 0 aliphatic heterocycles. The van der Waals surface area contributed by atoms with Crippen molar-refractivity contribution in [1.82, 2.24) is 0 Å². The fraction of sp³-hybridized carbons (Fsp3) is 0.438. The molecule has 3 unspecified atom stereocenters. The Hall–Kier alpha value is -1.57. The molecular formula is C16H17NO. The maximum atomic E-state index is 12.9. The fourth-order valence-electron chi connectivity index (χ4n) is 4.27. The van der Waals surface area contributed by atoms with Gasteiger partial charge in [0.1, 0.15) is 0 Å². The van der Waals surface area contributed by atoms with Gasteiger partial charge in [-0.25, -0.2) is 0 Å². The zero-order valence-corrected chi connectivity index (χ0v) is 10.4. The number of anilines is 1. The largest absolute Gasteiger partial charge is 0.399 e. The lowest BCUT2D eigenvalue weighted by molar-refractivity contribution is 0.0702. The number of hydrogen-bond acceptors (Lipinski definition) is 2. The summed E-state index contributed by atoms with van der Waals surface area (Å²) in [5.41, 5.74) is 8.53. The molecule has 1 fully saturated rings. The van der Waals surface area contributed by atoms with Gasteiger partial charge in [0.15, 0.2) is 5.78 Å². The molecule has 2 nitrogen and oxygen atoms in total. The third kappa shape index (κ3) is 1.16. The maximum absolute atomic E-state index is 12.9. The van der Waals surface area contributed by atoms with E-state index < -0.39 is 0 Å². The Morgan fingerprint density at radius 2 is 2.17 bits per heavy atom. The molecule has 18 heavy (non-hydrogen) atoms. The van der Waals surface area contributed by atoms with Gasteiger partial charge in [-0.1, -0.05) is 18.2 Å². The Morgan fingerprint density at radius 1 is 1.28 bits per heavy atom. The van der Waals surface area contributed by atoms with Crippen LogP contribution in [-0.2, 0) is 6.42 Å². The number of aryl methyl sites for hydroxylation is 1. The fourth-order valence-corrected chi connectivity index (χ4v) is 4.27. The van der Waals surface area contributed by atoms with Gasteiger partial charge < -0.3 is 5.73 Å². The van der Waals surface area contributed by atoms with E-state index in [0.717, 1.165) is 24.8 Å². The van der Waals surface area contributed by atoms with Crippen molar-refractivity contribution in [2.75, 3.05) is 5.73 Å². The second-order valence-corrected chi connectivity index (χ2v) is 6.09. The average molecular weight is 239 g/mol. The van der Waals surface area contributed by atoms with E-state index in [2.05, 4.69) is 12.2 Å². The Kier molecular flexibility index (Phi) is 1.87. The van der Waals surface area contributed by atoms with Gasteiger partial charge in [0.25, 0.3) is 0 Å². The summed E-state index contributed by atoms with van der Waals surface area (Å²) in [5, 5.41) is 0. The van der Waals surface area contributed by atoms with Gasteiger partial charge in [0.2, 0.25) is 0 Å². The van der Waals surface area contributed by atoms with E-state index >= 15 is 0 Å². The monoisotopic (exact) mass is 239 g/mol. The molecule has 3 atom stereocenters. The van der Waals surface area contributed by atoms with Crippen molar-refractivity contribution in [3.05, 3.63) is 41.5 Å². The third-order valence-electron chi connectivity index (χ3n) is 5.18. The highest BCUT2D eigenvalue weighted by molar-refractivity contribution is 6.04. The van der Waals surface area contributed by atoms with E-state index in [4.69, 9.17) is 5.73 Å². The molecule has 0 radical (unpaired) electrons. The maximum Gasteiger partial charge on any atom is 0.169 e. The molecule has 1 saturated carbocycles. The topological polar surface area (TPSA) is 43.1 Å². The van der Waals surface area contributed by atoms with Crippen LogP contribution in [0.15, 0.2) is 30.4 Å².